The van der Waals surface area contributed by atoms with Crippen LogP contribution in [0.3, 0.4) is 0 Å². The normalized spacial score (nSPS) is 13.0. The Morgan fingerprint density at radius 3 is 2.42 bits per heavy atom. The molecule has 0 radical (unpaired) electrons. The average Bonchev–Trinajstić information content (AvgIpc) is 3.13. The molecule has 0 bridgehead atoms. The number of esters is 1. The van der Waals surface area contributed by atoms with E-state index in [2.05, 4.69) is 0 Å². The number of ketones is 1. The second-order valence-electron chi connectivity index (χ2n) is 8.07. The first kappa shape index (κ1) is 22.7. The number of hydrogen-bond acceptors (Lipinski definition) is 6. The van der Waals surface area contributed by atoms with Gasteiger partial charge in [0.05, 0.1) is 20.8 Å². The van der Waals surface area contributed by atoms with Crippen molar-refractivity contribution in [2.24, 2.45) is 0 Å². The molecule has 1 aliphatic rings. The minimum absolute atomic E-state index is 0.168. The monoisotopic (exact) mass is 426 g/mol. The number of fused-ring (bicyclic) bond motifs is 1. The third-order valence-electron chi connectivity index (χ3n) is 5.42. The van der Waals surface area contributed by atoms with Gasteiger partial charge in [-0.2, -0.15) is 0 Å². The summed E-state index contributed by atoms with van der Waals surface area (Å²) in [7, 11) is 3.08. The zero-order valence-electron chi connectivity index (χ0n) is 18.9. The Bertz CT molecular complexity index is 976. The highest BCUT2D eigenvalue weighted by molar-refractivity contribution is 6.01. The SMILES string of the molecule is CCCCOC(=O)C(C)(C)Oc1c(-c2ccc3c(c2)CCC3=O)ccc(OC)c1OC. The van der Waals surface area contributed by atoms with Crippen LogP contribution in [0.25, 0.3) is 11.1 Å². The van der Waals surface area contributed by atoms with Gasteiger partial charge in [0.25, 0.3) is 0 Å². The molecule has 0 aromatic heterocycles. The number of Topliss-reactive ketones (excluding diaryl/α,β-unsaturated/α-hetero) is 1. The van der Waals surface area contributed by atoms with Crippen molar-refractivity contribution in [2.75, 3.05) is 20.8 Å². The van der Waals surface area contributed by atoms with Gasteiger partial charge in [0.2, 0.25) is 5.75 Å². The molecule has 6 heteroatoms. The first-order valence-corrected chi connectivity index (χ1v) is 10.6. The van der Waals surface area contributed by atoms with Gasteiger partial charge in [-0.25, -0.2) is 4.79 Å². The number of carbonyl (C=O) groups excluding carboxylic acids is 2. The molecule has 0 unspecified atom stereocenters. The third kappa shape index (κ3) is 4.68. The van der Waals surface area contributed by atoms with Crippen LogP contribution in [0.15, 0.2) is 30.3 Å². The quantitative estimate of drug-likeness (QED) is 0.415. The number of carbonyl (C=O) groups is 2. The highest BCUT2D eigenvalue weighted by Gasteiger charge is 2.35. The lowest BCUT2D eigenvalue weighted by Gasteiger charge is -2.27. The Kier molecular flexibility index (Phi) is 6.88. The fourth-order valence-corrected chi connectivity index (χ4v) is 3.63. The van der Waals surface area contributed by atoms with Crippen molar-refractivity contribution in [3.63, 3.8) is 0 Å². The van der Waals surface area contributed by atoms with Crippen molar-refractivity contribution >= 4 is 11.8 Å². The molecule has 0 amide bonds. The predicted octanol–water partition coefficient (Wildman–Crippen LogP) is 5.00. The zero-order chi connectivity index (χ0) is 22.6. The topological polar surface area (TPSA) is 71.1 Å². The van der Waals surface area contributed by atoms with E-state index >= 15 is 0 Å². The maximum atomic E-state index is 12.7. The van der Waals surface area contributed by atoms with Crippen LogP contribution in [0.2, 0.25) is 0 Å². The smallest absolute Gasteiger partial charge is 0.349 e. The number of rotatable bonds is 9. The number of methoxy groups -OCH3 is 2. The van der Waals surface area contributed by atoms with Crippen LogP contribution in [0.5, 0.6) is 17.2 Å². The van der Waals surface area contributed by atoms with E-state index in [9.17, 15) is 9.59 Å². The molecule has 3 rings (SSSR count). The fraction of sp³-hybridized carbons (Fsp3) is 0.440. The largest absolute Gasteiger partial charge is 0.493 e. The van der Waals surface area contributed by atoms with Crippen molar-refractivity contribution in [1.82, 2.24) is 0 Å². The van der Waals surface area contributed by atoms with Crippen LogP contribution in [-0.2, 0) is 16.0 Å². The number of unbranched alkanes of at least 4 members (excludes halogenated alkanes) is 1. The molecule has 31 heavy (non-hydrogen) atoms. The molecule has 0 N–H and O–H groups in total. The van der Waals surface area contributed by atoms with Gasteiger partial charge in [0, 0.05) is 17.5 Å². The van der Waals surface area contributed by atoms with Crippen LogP contribution in [-0.4, -0.2) is 38.2 Å². The van der Waals surface area contributed by atoms with Gasteiger partial charge < -0.3 is 18.9 Å². The second kappa shape index (κ2) is 9.41. The van der Waals surface area contributed by atoms with E-state index in [4.69, 9.17) is 18.9 Å². The van der Waals surface area contributed by atoms with Crippen LogP contribution in [0.1, 0.15) is 56.0 Å². The van der Waals surface area contributed by atoms with Gasteiger partial charge in [-0.05, 0) is 49.9 Å². The van der Waals surface area contributed by atoms with E-state index in [1.165, 1.54) is 7.11 Å². The standard InChI is InChI=1S/C25H30O6/c1-6-7-14-30-24(27)25(2,3)31-22-19(11-13-21(28-4)23(22)29-5)17-8-10-18-16(15-17)9-12-20(18)26/h8,10-11,13,15H,6-7,9,12,14H2,1-5H3. The van der Waals surface area contributed by atoms with Crippen molar-refractivity contribution < 1.29 is 28.5 Å². The maximum Gasteiger partial charge on any atom is 0.349 e. The van der Waals surface area contributed by atoms with Crippen LogP contribution >= 0.6 is 0 Å². The van der Waals surface area contributed by atoms with E-state index in [1.807, 2.05) is 31.2 Å². The first-order valence-electron chi connectivity index (χ1n) is 10.6. The average molecular weight is 427 g/mol. The molecule has 0 fully saturated rings. The van der Waals surface area contributed by atoms with Gasteiger partial charge in [-0.1, -0.05) is 31.5 Å². The predicted molar refractivity (Wildman–Crippen MR) is 118 cm³/mol. The van der Waals surface area contributed by atoms with Gasteiger partial charge in [-0.15, -0.1) is 0 Å². The van der Waals surface area contributed by atoms with Crippen LogP contribution in [0.4, 0.5) is 0 Å². The third-order valence-corrected chi connectivity index (χ3v) is 5.42. The number of ether oxygens (including phenoxy) is 4. The minimum Gasteiger partial charge on any atom is -0.493 e. The van der Waals surface area contributed by atoms with E-state index in [-0.39, 0.29) is 5.78 Å². The lowest BCUT2D eigenvalue weighted by atomic mass is 9.98. The molecule has 166 valence electrons. The molecule has 0 aliphatic heterocycles. The van der Waals surface area contributed by atoms with Crippen molar-refractivity contribution in [3.05, 3.63) is 41.5 Å². The van der Waals surface area contributed by atoms with Crippen molar-refractivity contribution in [1.29, 1.82) is 0 Å². The summed E-state index contributed by atoms with van der Waals surface area (Å²) >= 11 is 0. The minimum atomic E-state index is -1.24. The van der Waals surface area contributed by atoms with Crippen LogP contribution < -0.4 is 14.2 Å². The molecular weight excluding hydrogens is 396 g/mol. The summed E-state index contributed by atoms with van der Waals surface area (Å²) in [6.45, 7) is 5.73. The summed E-state index contributed by atoms with van der Waals surface area (Å²) in [5.41, 5.74) is 2.16. The van der Waals surface area contributed by atoms with Gasteiger partial charge in [-0.3, -0.25) is 4.79 Å². The maximum absolute atomic E-state index is 12.7. The molecule has 6 nitrogen and oxygen atoms in total. The first-order chi connectivity index (χ1) is 14.8. The van der Waals surface area contributed by atoms with E-state index < -0.39 is 11.6 Å². The van der Waals surface area contributed by atoms with E-state index in [0.717, 1.165) is 41.5 Å². The summed E-state index contributed by atoms with van der Waals surface area (Å²) in [4.78, 5) is 24.7. The summed E-state index contributed by atoms with van der Waals surface area (Å²) in [6.07, 6.45) is 2.98. The molecule has 0 saturated heterocycles. The Morgan fingerprint density at radius 1 is 1.00 bits per heavy atom. The van der Waals surface area contributed by atoms with Crippen LogP contribution in [0, 0.1) is 0 Å². The summed E-state index contributed by atoms with van der Waals surface area (Å²) in [6, 6.07) is 9.41. The molecule has 0 spiro atoms. The second-order valence-corrected chi connectivity index (χ2v) is 8.07. The molecule has 0 atom stereocenters. The Balaban J connectivity index is 2.03. The highest BCUT2D eigenvalue weighted by atomic mass is 16.6. The molecular formula is C25H30O6. The molecule has 1 aliphatic carbocycles. The summed E-state index contributed by atoms with van der Waals surface area (Å²) < 4.78 is 22.7. The lowest BCUT2D eigenvalue weighted by Crippen LogP contribution is -2.40. The summed E-state index contributed by atoms with van der Waals surface area (Å²) in [5.74, 6) is 1.000. The highest BCUT2D eigenvalue weighted by Crippen LogP contribution is 2.46. The molecule has 2 aromatic carbocycles. The van der Waals surface area contributed by atoms with Gasteiger partial charge >= 0.3 is 5.97 Å². The van der Waals surface area contributed by atoms with Gasteiger partial charge in [0.15, 0.2) is 22.9 Å². The number of benzene rings is 2. The van der Waals surface area contributed by atoms with E-state index in [0.29, 0.717) is 30.3 Å². The Morgan fingerprint density at radius 2 is 1.74 bits per heavy atom. The van der Waals surface area contributed by atoms with Crippen molar-refractivity contribution in [3.8, 4) is 28.4 Å². The number of hydrogen-bond donors (Lipinski definition) is 0. The lowest BCUT2D eigenvalue weighted by molar-refractivity contribution is -0.159. The molecule has 2 aromatic rings. The zero-order valence-corrected chi connectivity index (χ0v) is 18.9. The fourth-order valence-electron chi connectivity index (χ4n) is 3.63. The molecule has 0 saturated carbocycles. The Hall–Kier alpha value is -3.02. The summed E-state index contributed by atoms with van der Waals surface area (Å²) in [5, 5.41) is 0. The van der Waals surface area contributed by atoms with Gasteiger partial charge in [0.1, 0.15) is 0 Å². The van der Waals surface area contributed by atoms with Crippen molar-refractivity contribution in [2.45, 2.75) is 52.1 Å². The van der Waals surface area contributed by atoms with E-state index in [1.54, 1.807) is 27.0 Å². The Labute approximate surface area is 183 Å². The molecule has 0 heterocycles. The number of aryl methyl sites for hydroxylation is 1.